The largest absolute Gasteiger partial charge is 0.330 e. The summed E-state index contributed by atoms with van der Waals surface area (Å²) >= 11 is 0. The van der Waals surface area contributed by atoms with Crippen molar-refractivity contribution in [1.82, 2.24) is 0 Å². The Morgan fingerprint density at radius 3 is 2.14 bits per heavy atom. The van der Waals surface area contributed by atoms with E-state index in [1.54, 1.807) is 0 Å². The number of nitrogens with two attached hydrogens (primary N) is 1. The highest BCUT2D eigenvalue weighted by atomic mass is 28.3. The average Bonchev–Trinajstić information content (AvgIpc) is 1.61. The maximum absolute atomic E-state index is 5.29. The Bertz CT molecular complexity index is 37.1. The van der Waals surface area contributed by atoms with Crippen molar-refractivity contribution in [2.24, 2.45) is 5.73 Å². The van der Waals surface area contributed by atoms with Crippen LogP contribution in [0.4, 0.5) is 0 Å². The summed E-state index contributed by atoms with van der Waals surface area (Å²) in [7, 11) is 0.0227. The third-order valence-electron chi connectivity index (χ3n) is 0.881. The van der Waals surface area contributed by atoms with Crippen LogP contribution in [0.5, 0.6) is 0 Å². The minimum Gasteiger partial charge on any atom is -0.330 e. The maximum atomic E-state index is 5.29. The molecule has 0 aromatic carbocycles. The SMILES string of the molecule is C[Si](C)CCCN. The van der Waals surface area contributed by atoms with E-state index in [1.165, 1.54) is 12.5 Å². The fourth-order valence-electron chi connectivity index (χ4n) is 0.456. The van der Waals surface area contributed by atoms with Gasteiger partial charge in [0.15, 0.2) is 0 Å². The molecule has 0 unspecified atom stereocenters. The van der Waals surface area contributed by atoms with Gasteiger partial charge in [-0.05, 0) is 13.0 Å². The fraction of sp³-hybridized carbons (Fsp3) is 1.00. The molecule has 0 saturated carbocycles. The summed E-state index contributed by atoms with van der Waals surface area (Å²) in [5.41, 5.74) is 5.29. The highest BCUT2D eigenvalue weighted by Crippen LogP contribution is 1.92. The molecule has 0 aliphatic carbocycles. The van der Waals surface area contributed by atoms with Gasteiger partial charge >= 0.3 is 0 Å². The van der Waals surface area contributed by atoms with Gasteiger partial charge in [0.25, 0.3) is 0 Å². The summed E-state index contributed by atoms with van der Waals surface area (Å²) in [5, 5.41) is 0. The molecule has 0 atom stereocenters. The van der Waals surface area contributed by atoms with Crippen LogP contribution >= 0.6 is 0 Å². The zero-order chi connectivity index (χ0) is 5.70. The normalized spacial score (nSPS) is 10.3. The standard InChI is InChI=1S/C5H14NSi/c1-7(2)5-3-4-6/h3-6H2,1-2H3. The Balaban J connectivity index is 2.68. The first-order valence-corrected chi connectivity index (χ1v) is 5.47. The van der Waals surface area contributed by atoms with E-state index in [1.807, 2.05) is 0 Å². The maximum Gasteiger partial charge on any atom is 0.0413 e. The van der Waals surface area contributed by atoms with Crippen molar-refractivity contribution in [3.8, 4) is 0 Å². The van der Waals surface area contributed by atoms with Crippen LogP contribution in [-0.4, -0.2) is 15.3 Å². The summed E-state index contributed by atoms with van der Waals surface area (Å²) in [6, 6.07) is 1.38. The molecule has 2 heteroatoms. The molecule has 1 radical (unpaired) electrons. The Morgan fingerprint density at radius 1 is 1.43 bits per heavy atom. The topological polar surface area (TPSA) is 26.0 Å². The quantitative estimate of drug-likeness (QED) is 0.549. The first kappa shape index (κ1) is 7.18. The molecule has 43 valence electrons. The van der Waals surface area contributed by atoms with Crippen molar-refractivity contribution >= 4 is 8.80 Å². The smallest absolute Gasteiger partial charge is 0.0413 e. The zero-order valence-electron chi connectivity index (χ0n) is 5.20. The summed E-state index contributed by atoms with van der Waals surface area (Å²) in [6.45, 7) is 5.51. The Labute approximate surface area is 47.5 Å². The fourth-order valence-corrected chi connectivity index (χ4v) is 1.37. The van der Waals surface area contributed by atoms with Gasteiger partial charge in [-0.1, -0.05) is 19.1 Å². The highest BCUT2D eigenvalue weighted by Gasteiger charge is 1.91. The Hall–Kier alpha value is 0.177. The Kier molecular flexibility index (Phi) is 4.45. The molecule has 0 aliphatic rings. The zero-order valence-corrected chi connectivity index (χ0v) is 6.20. The lowest BCUT2D eigenvalue weighted by molar-refractivity contribution is 0.920. The van der Waals surface area contributed by atoms with Gasteiger partial charge in [0.05, 0.1) is 0 Å². The van der Waals surface area contributed by atoms with E-state index in [-0.39, 0.29) is 8.80 Å². The number of rotatable bonds is 3. The molecule has 0 saturated heterocycles. The minimum absolute atomic E-state index is 0.0227. The lowest BCUT2D eigenvalue weighted by Crippen LogP contribution is -2.04. The molecule has 0 aliphatic heterocycles. The van der Waals surface area contributed by atoms with E-state index in [9.17, 15) is 0 Å². The van der Waals surface area contributed by atoms with Crippen molar-refractivity contribution in [2.45, 2.75) is 25.6 Å². The van der Waals surface area contributed by atoms with Crippen LogP contribution in [0, 0.1) is 0 Å². The van der Waals surface area contributed by atoms with Crippen molar-refractivity contribution in [3.63, 3.8) is 0 Å². The molecule has 0 heterocycles. The van der Waals surface area contributed by atoms with Crippen LogP contribution in [0.1, 0.15) is 6.42 Å². The lowest BCUT2D eigenvalue weighted by Gasteiger charge is -1.96. The van der Waals surface area contributed by atoms with E-state index in [0.717, 1.165) is 6.54 Å². The second kappa shape index (κ2) is 4.34. The van der Waals surface area contributed by atoms with Crippen molar-refractivity contribution in [2.75, 3.05) is 6.54 Å². The third kappa shape index (κ3) is 6.18. The second-order valence-electron chi connectivity index (χ2n) is 2.10. The average molecular weight is 116 g/mol. The number of hydrogen-bond acceptors (Lipinski definition) is 1. The van der Waals surface area contributed by atoms with Crippen LogP contribution in [0.25, 0.3) is 0 Å². The molecule has 0 aromatic rings. The van der Waals surface area contributed by atoms with E-state index in [4.69, 9.17) is 5.73 Å². The second-order valence-corrected chi connectivity index (χ2v) is 5.01. The van der Waals surface area contributed by atoms with Crippen LogP contribution in [-0.2, 0) is 0 Å². The molecular formula is C5H14NSi. The van der Waals surface area contributed by atoms with Gasteiger partial charge < -0.3 is 5.73 Å². The molecule has 0 fully saturated rings. The van der Waals surface area contributed by atoms with Crippen LogP contribution in [0.2, 0.25) is 19.1 Å². The van der Waals surface area contributed by atoms with Gasteiger partial charge in [0.2, 0.25) is 0 Å². The molecule has 2 N–H and O–H groups in total. The van der Waals surface area contributed by atoms with Gasteiger partial charge in [-0.3, -0.25) is 0 Å². The predicted molar refractivity (Wildman–Crippen MR) is 36.0 cm³/mol. The molecule has 0 amide bonds. The van der Waals surface area contributed by atoms with Crippen molar-refractivity contribution < 1.29 is 0 Å². The first-order valence-electron chi connectivity index (χ1n) is 2.76. The molecular weight excluding hydrogens is 102 g/mol. The summed E-state index contributed by atoms with van der Waals surface area (Å²) in [5.74, 6) is 0. The number of hydrogen-bond donors (Lipinski definition) is 1. The predicted octanol–water partition coefficient (Wildman–Crippen LogP) is 1.09. The van der Waals surface area contributed by atoms with E-state index >= 15 is 0 Å². The van der Waals surface area contributed by atoms with Gasteiger partial charge in [-0.15, -0.1) is 0 Å². The van der Waals surface area contributed by atoms with Gasteiger partial charge in [0, 0.05) is 8.80 Å². The van der Waals surface area contributed by atoms with Crippen molar-refractivity contribution in [1.29, 1.82) is 0 Å². The van der Waals surface area contributed by atoms with Gasteiger partial charge in [-0.2, -0.15) is 0 Å². The van der Waals surface area contributed by atoms with Crippen LogP contribution in [0.15, 0.2) is 0 Å². The third-order valence-corrected chi connectivity index (χ3v) is 2.23. The summed E-state index contributed by atoms with van der Waals surface area (Å²) in [4.78, 5) is 0. The summed E-state index contributed by atoms with van der Waals surface area (Å²) < 4.78 is 0. The molecule has 7 heavy (non-hydrogen) atoms. The van der Waals surface area contributed by atoms with Crippen LogP contribution in [0.3, 0.4) is 0 Å². The molecule has 0 rings (SSSR count). The first-order chi connectivity index (χ1) is 3.27. The minimum atomic E-state index is 0.0227. The monoisotopic (exact) mass is 116 g/mol. The Morgan fingerprint density at radius 2 is 2.00 bits per heavy atom. The molecule has 0 bridgehead atoms. The van der Waals surface area contributed by atoms with Gasteiger partial charge in [-0.25, -0.2) is 0 Å². The highest BCUT2D eigenvalue weighted by molar-refractivity contribution is 6.55. The lowest BCUT2D eigenvalue weighted by atomic mass is 10.5. The van der Waals surface area contributed by atoms with E-state index < -0.39 is 0 Å². The molecule has 1 nitrogen and oxygen atoms in total. The molecule has 0 spiro atoms. The van der Waals surface area contributed by atoms with E-state index in [0.29, 0.717) is 0 Å². The summed E-state index contributed by atoms with van der Waals surface area (Å²) in [6.07, 6.45) is 1.22. The van der Waals surface area contributed by atoms with Gasteiger partial charge in [0.1, 0.15) is 0 Å². The molecule has 0 aromatic heterocycles. The van der Waals surface area contributed by atoms with Crippen LogP contribution < -0.4 is 5.73 Å². The van der Waals surface area contributed by atoms with E-state index in [2.05, 4.69) is 13.1 Å². The van der Waals surface area contributed by atoms with Crippen molar-refractivity contribution in [3.05, 3.63) is 0 Å².